The predicted molar refractivity (Wildman–Crippen MR) is 83.6 cm³/mol. The number of benzene rings is 1. The second kappa shape index (κ2) is 6.43. The van der Waals surface area contributed by atoms with E-state index in [1.54, 1.807) is 12.3 Å². The number of sulfonamides is 1. The number of nitrogen functional groups attached to an aromatic ring is 1. The summed E-state index contributed by atoms with van der Waals surface area (Å²) >= 11 is 5.97. The lowest BCUT2D eigenvalue weighted by Crippen LogP contribution is -2.29. The second-order valence-corrected chi connectivity index (χ2v) is 7.01. The van der Waals surface area contributed by atoms with Gasteiger partial charge >= 0.3 is 0 Å². The van der Waals surface area contributed by atoms with Gasteiger partial charge in [-0.3, -0.25) is 4.98 Å². The Morgan fingerprint density at radius 3 is 2.71 bits per heavy atom. The second-order valence-electron chi connectivity index (χ2n) is 4.59. The number of rotatable bonds is 5. The molecule has 5 nitrogen and oxygen atoms in total. The first-order valence-corrected chi connectivity index (χ1v) is 8.14. The minimum atomic E-state index is -3.67. The van der Waals surface area contributed by atoms with Gasteiger partial charge in [-0.25, -0.2) is 12.7 Å². The molecule has 21 heavy (non-hydrogen) atoms. The number of halogens is 1. The van der Waals surface area contributed by atoms with E-state index in [-0.39, 0.29) is 9.92 Å². The molecule has 2 N–H and O–H groups in total. The van der Waals surface area contributed by atoms with Gasteiger partial charge in [0.1, 0.15) is 4.90 Å². The van der Waals surface area contributed by atoms with Gasteiger partial charge in [-0.1, -0.05) is 17.7 Å². The van der Waals surface area contributed by atoms with E-state index in [1.807, 2.05) is 18.2 Å². The Balaban J connectivity index is 2.17. The predicted octanol–water partition coefficient (Wildman–Crippen LogP) is 2.18. The lowest BCUT2D eigenvalue weighted by Gasteiger charge is -2.18. The van der Waals surface area contributed by atoms with Crippen molar-refractivity contribution in [1.82, 2.24) is 9.29 Å². The average Bonchev–Trinajstić information content (AvgIpc) is 2.48. The zero-order chi connectivity index (χ0) is 15.5. The van der Waals surface area contributed by atoms with Crippen LogP contribution in [0.25, 0.3) is 0 Å². The van der Waals surface area contributed by atoms with Crippen LogP contribution in [0.4, 0.5) is 5.69 Å². The topological polar surface area (TPSA) is 76.3 Å². The van der Waals surface area contributed by atoms with Crippen LogP contribution in [0.15, 0.2) is 47.5 Å². The molecule has 0 aliphatic heterocycles. The molecule has 0 radical (unpaired) electrons. The Labute approximate surface area is 129 Å². The Bertz CT molecular complexity index is 720. The van der Waals surface area contributed by atoms with Crippen LogP contribution in [-0.2, 0) is 16.4 Å². The highest BCUT2D eigenvalue weighted by atomic mass is 35.5. The summed E-state index contributed by atoms with van der Waals surface area (Å²) in [6.45, 7) is 0.310. The highest BCUT2D eigenvalue weighted by Gasteiger charge is 2.23. The first-order chi connectivity index (χ1) is 9.91. The van der Waals surface area contributed by atoms with Crippen LogP contribution < -0.4 is 5.73 Å². The van der Waals surface area contributed by atoms with Gasteiger partial charge in [0.2, 0.25) is 10.0 Å². The van der Waals surface area contributed by atoms with Gasteiger partial charge in [0.15, 0.2) is 0 Å². The van der Waals surface area contributed by atoms with Crippen molar-refractivity contribution in [3.05, 3.63) is 53.3 Å². The molecule has 1 heterocycles. The fourth-order valence-electron chi connectivity index (χ4n) is 1.82. The van der Waals surface area contributed by atoms with Crippen molar-refractivity contribution >= 4 is 27.3 Å². The zero-order valence-electron chi connectivity index (χ0n) is 11.5. The standard InChI is InChI=1S/C14H16ClN3O2S/c1-18(9-7-12-4-2-3-8-17-12)21(19,20)14-10-11(16)5-6-13(14)15/h2-6,8,10H,7,9,16H2,1H3. The third-order valence-electron chi connectivity index (χ3n) is 3.05. The number of likely N-dealkylation sites (N-methyl/N-ethyl adjacent to an activating group) is 1. The fourth-order valence-corrected chi connectivity index (χ4v) is 3.50. The summed E-state index contributed by atoms with van der Waals surface area (Å²) in [6.07, 6.45) is 2.20. The summed E-state index contributed by atoms with van der Waals surface area (Å²) in [6, 6.07) is 9.95. The van der Waals surface area contributed by atoms with E-state index in [9.17, 15) is 8.42 Å². The van der Waals surface area contributed by atoms with Crippen molar-refractivity contribution in [2.24, 2.45) is 0 Å². The molecule has 0 saturated heterocycles. The minimum Gasteiger partial charge on any atom is -0.399 e. The molecule has 112 valence electrons. The lowest BCUT2D eigenvalue weighted by atomic mass is 10.3. The summed E-state index contributed by atoms with van der Waals surface area (Å²) in [5, 5.41) is 0.161. The number of nitrogens with two attached hydrogens (primary N) is 1. The highest BCUT2D eigenvalue weighted by molar-refractivity contribution is 7.89. The number of pyridine rings is 1. The number of hydrogen-bond donors (Lipinski definition) is 1. The third kappa shape index (κ3) is 3.72. The van der Waals surface area contributed by atoms with Crippen LogP contribution in [-0.4, -0.2) is 31.3 Å². The van der Waals surface area contributed by atoms with E-state index >= 15 is 0 Å². The summed E-state index contributed by atoms with van der Waals surface area (Å²) < 4.78 is 26.2. The summed E-state index contributed by atoms with van der Waals surface area (Å²) in [5.74, 6) is 0. The van der Waals surface area contributed by atoms with Gasteiger partial charge in [0, 0.05) is 37.6 Å². The summed E-state index contributed by atoms with van der Waals surface area (Å²) in [4.78, 5) is 4.19. The molecule has 2 aromatic rings. The van der Waals surface area contributed by atoms with Crippen molar-refractivity contribution in [2.75, 3.05) is 19.3 Å². The normalized spacial score (nSPS) is 11.8. The van der Waals surface area contributed by atoms with Gasteiger partial charge < -0.3 is 5.73 Å². The Morgan fingerprint density at radius 2 is 2.05 bits per heavy atom. The van der Waals surface area contributed by atoms with E-state index in [0.717, 1.165) is 5.69 Å². The average molecular weight is 326 g/mol. The maximum absolute atomic E-state index is 12.5. The smallest absolute Gasteiger partial charge is 0.244 e. The first-order valence-electron chi connectivity index (χ1n) is 6.32. The lowest BCUT2D eigenvalue weighted by molar-refractivity contribution is 0.471. The van der Waals surface area contributed by atoms with Gasteiger partial charge in [-0.15, -0.1) is 0 Å². The maximum atomic E-state index is 12.5. The van der Waals surface area contributed by atoms with Crippen LogP contribution in [0.2, 0.25) is 5.02 Å². The van der Waals surface area contributed by atoms with E-state index in [2.05, 4.69) is 4.98 Å². The molecule has 1 aromatic carbocycles. The van der Waals surface area contributed by atoms with E-state index in [4.69, 9.17) is 17.3 Å². The molecule has 0 bridgehead atoms. The minimum absolute atomic E-state index is 0.0210. The molecule has 0 atom stereocenters. The van der Waals surface area contributed by atoms with Crippen molar-refractivity contribution < 1.29 is 8.42 Å². The largest absolute Gasteiger partial charge is 0.399 e. The molecule has 1 aromatic heterocycles. The molecule has 0 saturated carbocycles. The third-order valence-corrected chi connectivity index (χ3v) is 5.39. The van der Waals surface area contributed by atoms with E-state index < -0.39 is 10.0 Å². The highest BCUT2D eigenvalue weighted by Crippen LogP contribution is 2.26. The SMILES string of the molecule is CN(CCc1ccccn1)S(=O)(=O)c1cc(N)ccc1Cl. The zero-order valence-corrected chi connectivity index (χ0v) is 13.1. The van der Waals surface area contributed by atoms with Crippen molar-refractivity contribution in [2.45, 2.75) is 11.3 Å². The molecule has 0 aliphatic rings. The summed E-state index contributed by atoms with van der Waals surface area (Å²) in [5.41, 5.74) is 6.83. The van der Waals surface area contributed by atoms with E-state index in [0.29, 0.717) is 18.7 Å². The van der Waals surface area contributed by atoms with Gasteiger partial charge in [-0.05, 0) is 30.3 Å². The van der Waals surface area contributed by atoms with Crippen molar-refractivity contribution in [3.63, 3.8) is 0 Å². The van der Waals surface area contributed by atoms with Gasteiger partial charge in [0.05, 0.1) is 5.02 Å². The van der Waals surface area contributed by atoms with Gasteiger partial charge in [0.25, 0.3) is 0 Å². The Morgan fingerprint density at radius 1 is 1.29 bits per heavy atom. The molecule has 0 spiro atoms. The molecular weight excluding hydrogens is 310 g/mol. The fraction of sp³-hybridized carbons (Fsp3) is 0.214. The number of aromatic nitrogens is 1. The van der Waals surface area contributed by atoms with Crippen molar-refractivity contribution in [1.29, 1.82) is 0 Å². The van der Waals surface area contributed by atoms with Crippen LogP contribution in [0.1, 0.15) is 5.69 Å². The van der Waals surface area contributed by atoms with Crippen LogP contribution in [0.3, 0.4) is 0 Å². The quantitative estimate of drug-likeness (QED) is 0.855. The molecule has 0 aliphatic carbocycles. The summed E-state index contributed by atoms with van der Waals surface area (Å²) in [7, 11) is -2.16. The van der Waals surface area contributed by atoms with Crippen molar-refractivity contribution in [3.8, 4) is 0 Å². The number of nitrogens with zero attached hydrogens (tertiary/aromatic N) is 2. The molecule has 0 amide bonds. The van der Waals surface area contributed by atoms with Crippen LogP contribution in [0.5, 0.6) is 0 Å². The Kier molecular flexibility index (Phi) is 4.82. The molecular formula is C14H16ClN3O2S. The van der Waals surface area contributed by atoms with E-state index in [1.165, 1.54) is 23.5 Å². The number of hydrogen-bond acceptors (Lipinski definition) is 4. The number of anilines is 1. The maximum Gasteiger partial charge on any atom is 0.244 e. The first kappa shape index (κ1) is 15.8. The monoisotopic (exact) mass is 325 g/mol. The van der Waals surface area contributed by atoms with Gasteiger partial charge in [-0.2, -0.15) is 0 Å². The van der Waals surface area contributed by atoms with Crippen LogP contribution >= 0.6 is 11.6 Å². The van der Waals surface area contributed by atoms with Crippen LogP contribution in [0, 0.1) is 0 Å². The molecule has 0 unspecified atom stereocenters. The molecule has 7 heteroatoms. The Hall–Kier alpha value is -1.63. The molecule has 2 rings (SSSR count). The molecule has 0 fully saturated rings.